The van der Waals surface area contributed by atoms with E-state index < -0.39 is 17.0 Å². The number of hydrogen-bond donors (Lipinski definition) is 0. The monoisotopic (exact) mass is 316 g/mol. The van der Waals surface area contributed by atoms with E-state index in [4.69, 9.17) is 11.6 Å². The molecule has 88 valence electrons. The van der Waals surface area contributed by atoms with E-state index in [1.807, 2.05) is 6.07 Å². The lowest BCUT2D eigenvalue weighted by Gasteiger charge is -2.12. The van der Waals surface area contributed by atoms with Crippen molar-refractivity contribution < 1.29 is 8.78 Å². The van der Waals surface area contributed by atoms with Crippen molar-refractivity contribution in [2.45, 2.75) is 5.38 Å². The third-order valence-electron chi connectivity index (χ3n) is 2.40. The van der Waals surface area contributed by atoms with Crippen LogP contribution < -0.4 is 0 Å². The van der Waals surface area contributed by atoms with Gasteiger partial charge in [0.15, 0.2) is 0 Å². The lowest BCUT2D eigenvalue weighted by molar-refractivity contribution is 0.582. The van der Waals surface area contributed by atoms with Crippen LogP contribution in [0.15, 0.2) is 46.9 Å². The minimum atomic E-state index is -0.696. The maximum absolute atomic E-state index is 13.7. The van der Waals surface area contributed by atoms with Crippen LogP contribution in [0.2, 0.25) is 0 Å². The molecule has 0 N–H and O–H groups in total. The van der Waals surface area contributed by atoms with Gasteiger partial charge in [-0.25, -0.2) is 8.78 Å². The highest BCUT2D eigenvalue weighted by molar-refractivity contribution is 9.10. The Bertz CT molecular complexity index is 528. The summed E-state index contributed by atoms with van der Waals surface area (Å²) in [7, 11) is 0. The molecule has 0 nitrogen and oxygen atoms in total. The molecule has 0 radical (unpaired) electrons. The maximum atomic E-state index is 13.7. The van der Waals surface area contributed by atoms with E-state index in [1.165, 1.54) is 0 Å². The summed E-state index contributed by atoms with van der Waals surface area (Å²) in [5.41, 5.74) is 0.869. The Kier molecular flexibility index (Phi) is 3.79. The number of alkyl halides is 1. The molecule has 0 bridgehead atoms. The number of rotatable bonds is 2. The molecular weight excluding hydrogens is 309 g/mol. The molecule has 0 aliphatic carbocycles. The zero-order valence-corrected chi connectivity index (χ0v) is 11.0. The van der Waals surface area contributed by atoms with Gasteiger partial charge in [0.05, 0.1) is 9.85 Å². The number of benzene rings is 2. The van der Waals surface area contributed by atoms with Crippen LogP contribution in [0, 0.1) is 11.6 Å². The molecule has 0 aromatic heterocycles. The highest BCUT2D eigenvalue weighted by atomic mass is 79.9. The predicted molar refractivity (Wildman–Crippen MR) is 68.2 cm³/mol. The second kappa shape index (κ2) is 5.15. The van der Waals surface area contributed by atoms with Crippen molar-refractivity contribution in [2.24, 2.45) is 0 Å². The summed E-state index contributed by atoms with van der Waals surface area (Å²) < 4.78 is 27.1. The highest BCUT2D eigenvalue weighted by Crippen LogP contribution is 2.32. The third kappa shape index (κ3) is 2.67. The molecular formula is C13H8BrClF2. The zero-order chi connectivity index (χ0) is 12.4. The Labute approximate surface area is 111 Å². The minimum Gasteiger partial charge on any atom is -0.207 e. The normalized spacial score (nSPS) is 12.5. The summed E-state index contributed by atoms with van der Waals surface area (Å²) in [4.78, 5) is 0. The molecule has 4 heteroatoms. The van der Waals surface area contributed by atoms with Gasteiger partial charge in [0.1, 0.15) is 11.6 Å². The highest BCUT2D eigenvalue weighted by Gasteiger charge is 2.17. The zero-order valence-electron chi connectivity index (χ0n) is 8.63. The standard InChI is InChI=1S/C13H8BrClF2/c14-10-7-11(16)9(6-12(10)17)13(15)8-4-2-1-3-5-8/h1-7,13H. The van der Waals surface area contributed by atoms with Gasteiger partial charge in [-0.3, -0.25) is 0 Å². The van der Waals surface area contributed by atoms with E-state index in [9.17, 15) is 8.78 Å². The first-order chi connectivity index (χ1) is 8.09. The van der Waals surface area contributed by atoms with Gasteiger partial charge in [0.2, 0.25) is 0 Å². The van der Waals surface area contributed by atoms with Gasteiger partial charge in [-0.2, -0.15) is 0 Å². The predicted octanol–water partition coefficient (Wildman–Crippen LogP) is 5.06. The van der Waals surface area contributed by atoms with Gasteiger partial charge < -0.3 is 0 Å². The Morgan fingerprint density at radius 3 is 2.29 bits per heavy atom. The van der Waals surface area contributed by atoms with Crippen LogP contribution in [0.4, 0.5) is 8.78 Å². The molecule has 2 aromatic rings. The van der Waals surface area contributed by atoms with E-state index in [2.05, 4.69) is 15.9 Å². The molecule has 0 amide bonds. The molecule has 0 aliphatic heterocycles. The first kappa shape index (κ1) is 12.5. The van der Waals surface area contributed by atoms with Gasteiger partial charge in [0.25, 0.3) is 0 Å². The van der Waals surface area contributed by atoms with Crippen molar-refractivity contribution in [3.05, 3.63) is 69.7 Å². The van der Waals surface area contributed by atoms with Gasteiger partial charge in [0, 0.05) is 5.56 Å². The van der Waals surface area contributed by atoms with Crippen molar-refractivity contribution >= 4 is 27.5 Å². The van der Waals surface area contributed by atoms with Gasteiger partial charge in [-0.05, 0) is 33.6 Å². The Hall–Kier alpha value is -0.930. The summed E-state index contributed by atoms with van der Waals surface area (Å²) in [6, 6.07) is 11.2. The summed E-state index contributed by atoms with van der Waals surface area (Å²) in [6.07, 6.45) is 0. The topological polar surface area (TPSA) is 0 Å². The van der Waals surface area contributed by atoms with Gasteiger partial charge in [-0.15, -0.1) is 11.6 Å². The molecule has 2 aromatic carbocycles. The third-order valence-corrected chi connectivity index (χ3v) is 3.50. The van der Waals surface area contributed by atoms with Crippen molar-refractivity contribution in [3.8, 4) is 0 Å². The van der Waals surface area contributed by atoms with Crippen molar-refractivity contribution in [1.29, 1.82) is 0 Å². The first-order valence-corrected chi connectivity index (χ1v) is 6.16. The average molecular weight is 318 g/mol. The smallest absolute Gasteiger partial charge is 0.137 e. The molecule has 1 atom stereocenters. The maximum Gasteiger partial charge on any atom is 0.137 e. The Morgan fingerprint density at radius 1 is 1.00 bits per heavy atom. The van der Waals surface area contributed by atoms with Crippen LogP contribution in [0.5, 0.6) is 0 Å². The van der Waals surface area contributed by atoms with Crippen LogP contribution in [0.1, 0.15) is 16.5 Å². The lowest BCUT2D eigenvalue weighted by Crippen LogP contribution is -1.98. The fourth-order valence-electron chi connectivity index (χ4n) is 1.53. The molecule has 17 heavy (non-hydrogen) atoms. The van der Waals surface area contributed by atoms with Crippen LogP contribution in [-0.2, 0) is 0 Å². The van der Waals surface area contributed by atoms with E-state index in [1.54, 1.807) is 24.3 Å². The van der Waals surface area contributed by atoms with Crippen LogP contribution in [0.3, 0.4) is 0 Å². The van der Waals surface area contributed by atoms with Crippen LogP contribution in [-0.4, -0.2) is 0 Å². The van der Waals surface area contributed by atoms with Crippen molar-refractivity contribution in [2.75, 3.05) is 0 Å². The fraction of sp³-hybridized carbons (Fsp3) is 0.0769. The molecule has 0 fully saturated rings. The van der Waals surface area contributed by atoms with Crippen LogP contribution in [0.25, 0.3) is 0 Å². The second-order valence-corrected chi connectivity index (χ2v) is 4.85. The number of hydrogen-bond acceptors (Lipinski definition) is 0. The summed E-state index contributed by atoms with van der Waals surface area (Å²) in [6.45, 7) is 0. The van der Waals surface area contributed by atoms with E-state index in [-0.39, 0.29) is 10.0 Å². The molecule has 0 saturated heterocycles. The average Bonchev–Trinajstić information content (AvgIpc) is 2.34. The second-order valence-electron chi connectivity index (χ2n) is 3.56. The molecule has 0 heterocycles. The van der Waals surface area contributed by atoms with E-state index >= 15 is 0 Å². The largest absolute Gasteiger partial charge is 0.207 e. The molecule has 0 aliphatic rings. The Morgan fingerprint density at radius 2 is 1.65 bits per heavy atom. The fourth-order valence-corrected chi connectivity index (χ4v) is 2.16. The van der Waals surface area contributed by atoms with E-state index in [0.717, 1.165) is 17.7 Å². The Balaban J connectivity index is 2.44. The molecule has 1 unspecified atom stereocenters. The first-order valence-electron chi connectivity index (χ1n) is 4.93. The van der Waals surface area contributed by atoms with Gasteiger partial charge in [-0.1, -0.05) is 30.3 Å². The van der Waals surface area contributed by atoms with Crippen molar-refractivity contribution in [3.63, 3.8) is 0 Å². The van der Waals surface area contributed by atoms with E-state index in [0.29, 0.717) is 0 Å². The van der Waals surface area contributed by atoms with Gasteiger partial charge >= 0.3 is 0 Å². The number of halogens is 4. The molecule has 0 saturated carbocycles. The SMILES string of the molecule is Fc1cc(C(Cl)c2ccccc2)c(F)cc1Br. The minimum absolute atomic E-state index is 0.0932. The van der Waals surface area contributed by atoms with Crippen LogP contribution >= 0.6 is 27.5 Å². The quantitative estimate of drug-likeness (QED) is 0.537. The molecule has 2 rings (SSSR count). The summed E-state index contributed by atoms with van der Waals surface area (Å²) in [5, 5.41) is -0.696. The summed E-state index contributed by atoms with van der Waals surface area (Å²) >= 11 is 9.07. The summed E-state index contributed by atoms with van der Waals surface area (Å²) in [5.74, 6) is -1.05. The lowest BCUT2D eigenvalue weighted by atomic mass is 10.0. The van der Waals surface area contributed by atoms with Crippen molar-refractivity contribution in [1.82, 2.24) is 0 Å². The molecule has 0 spiro atoms.